The molecule has 7 heteroatoms. The van der Waals surface area contributed by atoms with Gasteiger partial charge in [0.1, 0.15) is 5.82 Å². The fourth-order valence-electron chi connectivity index (χ4n) is 13.2. The van der Waals surface area contributed by atoms with E-state index in [-0.39, 0.29) is 43.2 Å². The molecular formula is C82H58N4OPtSi-2. The first-order chi connectivity index (χ1) is 47.4. The number of nitrogens with zero attached hydrogens (tertiary/aromatic N) is 4. The Bertz CT molecular complexity index is 5650. The molecule has 428 valence electrons. The van der Waals surface area contributed by atoms with Gasteiger partial charge in [0.25, 0.3) is 6.33 Å². The second-order valence-electron chi connectivity index (χ2n) is 23.1. The van der Waals surface area contributed by atoms with Gasteiger partial charge in [-0.1, -0.05) is 269 Å². The Hall–Kier alpha value is -10.2. The van der Waals surface area contributed by atoms with Crippen LogP contribution in [0.1, 0.15) is 40.0 Å². The van der Waals surface area contributed by atoms with Gasteiger partial charge < -0.3 is 13.9 Å². The molecule has 12 aromatic carbocycles. The largest absolute Gasteiger partial charge is 0.510 e. The van der Waals surface area contributed by atoms with Gasteiger partial charge in [-0.05, 0) is 117 Å². The molecule has 0 saturated heterocycles. The van der Waals surface area contributed by atoms with Crippen LogP contribution in [0.25, 0.3) is 106 Å². The molecule has 0 unspecified atom stereocenters. The van der Waals surface area contributed by atoms with Crippen LogP contribution in [0.15, 0.2) is 297 Å². The third kappa shape index (κ3) is 9.33. The van der Waals surface area contributed by atoms with E-state index in [1.807, 2.05) is 179 Å². The van der Waals surface area contributed by atoms with Gasteiger partial charge in [-0.2, -0.15) is 18.2 Å². The molecule has 89 heavy (non-hydrogen) atoms. The van der Waals surface area contributed by atoms with Crippen LogP contribution in [-0.2, 0) is 26.5 Å². The summed E-state index contributed by atoms with van der Waals surface area (Å²) < 4.78 is 108. The van der Waals surface area contributed by atoms with Gasteiger partial charge in [-0.15, -0.1) is 29.7 Å². The Kier molecular flexibility index (Phi) is 11.4. The molecule has 15 aromatic rings. The average molecular weight is 1350 g/mol. The molecule has 1 aliphatic rings. The van der Waals surface area contributed by atoms with Gasteiger partial charge in [0.15, 0.2) is 8.07 Å². The second kappa shape index (κ2) is 22.5. The molecule has 0 atom stereocenters. The standard InChI is InChI=1S/C82H58N4OSi.Pt/c1-82(2,3)58-48-49-83-78(50-58)86-75-44-22-21-40-69(75)70-47-46-61(52-77(70)86)87-60-31-23-30-59(51-60)84-55-85-80-73(57-28-11-5-12-29-57)53-65(88(62-32-13-6-14-33-62,63-34-15-7-16-35-63)64-36-17-8-18-37-64)54-74(80)79-66(56-26-9-4-10-27-56)41-24-42-71(79)67-38-19-20-39-68(67)72-43-25-45-76(84)81(72)85;/h4-50,53-54H,1-3H3;/q-2;/i4D,5D,9D,10D,11D,12D,26D,27D,28D,29D;. The zero-order valence-electron chi connectivity index (χ0n) is 58.5. The first kappa shape index (κ1) is 45.1. The van der Waals surface area contributed by atoms with Crippen molar-refractivity contribution in [1.82, 2.24) is 14.1 Å². The Morgan fingerprint density at radius 2 is 1.02 bits per heavy atom. The number of ether oxygens (including phenoxy) is 1. The molecule has 0 N–H and O–H groups in total. The summed E-state index contributed by atoms with van der Waals surface area (Å²) in [7, 11) is -3.71. The minimum Gasteiger partial charge on any atom is -0.510 e. The summed E-state index contributed by atoms with van der Waals surface area (Å²) in [5.41, 5.74) is 9.11. The Balaban J connectivity index is 0.00000798. The Morgan fingerprint density at radius 1 is 0.472 bits per heavy atom. The van der Waals surface area contributed by atoms with Crippen LogP contribution in [0.4, 0.5) is 0 Å². The van der Waals surface area contributed by atoms with Crippen molar-refractivity contribution in [2.24, 2.45) is 0 Å². The molecule has 3 aromatic heterocycles. The van der Waals surface area contributed by atoms with E-state index < -0.39 is 68.5 Å². The van der Waals surface area contributed by atoms with E-state index >= 15 is 0 Å². The molecule has 4 heterocycles. The average Bonchev–Trinajstić information content (AvgIpc) is 1.19. The normalized spacial score (nSPS) is 13.5. The molecule has 0 spiro atoms. The summed E-state index contributed by atoms with van der Waals surface area (Å²) in [6.45, 7) is 6.55. The zero-order valence-corrected chi connectivity index (χ0v) is 51.8. The second-order valence-corrected chi connectivity index (χ2v) is 26.9. The number of hydrogen-bond donors (Lipinski definition) is 0. The van der Waals surface area contributed by atoms with Gasteiger partial charge >= 0.3 is 0 Å². The molecule has 5 nitrogen and oxygen atoms in total. The maximum Gasteiger partial charge on any atom is 0.268 e. The smallest absolute Gasteiger partial charge is 0.268 e. The van der Waals surface area contributed by atoms with Crippen LogP contribution in [0.5, 0.6) is 11.5 Å². The van der Waals surface area contributed by atoms with Crippen LogP contribution in [0.2, 0.25) is 0 Å². The van der Waals surface area contributed by atoms with Crippen molar-refractivity contribution in [2.75, 3.05) is 0 Å². The first-order valence-electron chi connectivity index (χ1n) is 34.3. The molecule has 0 saturated carbocycles. The monoisotopic (exact) mass is 1350 g/mol. The van der Waals surface area contributed by atoms with Crippen molar-refractivity contribution in [3.63, 3.8) is 0 Å². The maximum absolute atomic E-state index is 10.1. The predicted octanol–water partition coefficient (Wildman–Crippen LogP) is 16.9. The van der Waals surface area contributed by atoms with Gasteiger partial charge in [0, 0.05) is 44.3 Å². The Labute approximate surface area is 548 Å². The Morgan fingerprint density at radius 3 is 1.71 bits per heavy atom. The van der Waals surface area contributed by atoms with E-state index in [4.69, 9.17) is 12.5 Å². The SMILES string of the molecule is [2H]c1c([2H])c([2H])c(-c2cccc3c2-c2cc([Si](c4ccccc4)(c4ccccc4)c4ccccc4)cc(-c4c([2H])c([2H])c([2H])c([2H])c4[2H])c2-[n+]2[c-]n(-c4[c-]c(Oc5[c-]c6c(cc5)c5ccccc5n6-c5cc(C(C)(C)C)ccn5)ccc4)c4cccc(c42)-c2ccccc2-3)c([2H])c1[2H].[Pt]. The quantitative estimate of drug-likeness (QED) is 0.0592. The number of imidazole rings is 1. The van der Waals surface area contributed by atoms with Crippen molar-refractivity contribution in [2.45, 2.75) is 26.2 Å². The van der Waals surface area contributed by atoms with Crippen molar-refractivity contribution >= 4 is 61.7 Å². The minimum absolute atomic E-state index is 0. The number of pyridine rings is 1. The van der Waals surface area contributed by atoms with Gasteiger partial charge in [0.2, 0.25) is 0 Å². The van der Waals surface area contributed by atoms with Crippen LogP contribution >= 0.6 is 0 Å². The number of fused-ring (bicyclic) bond motifs is 10. The van der Waals surface area contributed by atoms with Crippen molar-refractivity contribution in [3.05, 3.63) is 321 Å². The summed E-state index contributed by atoms with van der Waals surface area (Å²) in [5, 5.41) is 5.71. The van der Waals surface area contributed by atoms with E-state index in [2.05, 4.69) is 104 Å². The molecule has 16 rings (SSSR count). The molecule has 1 aliphatic heterocycles. The fraction of sp³-hybridized carbons (Fsp3) is 0.0488. The fourth-order valence-corrected chi connectivity index (χ4v) is 18.0. The third-order valence-corrected chi connectivity index (χ3v) is 21.8. The van der Waals surface area contributed by atoms with Crippen molar-refractivity contribution < 1.29 is 44.1 Å². The topological polar surface area (TPSA) is 35.9 Å². The van der Waals surface area contributed by atoms with Crippen LogP contribution in [0.3, 0.4) is 0 Å². The predicted molar refractivity (Wildman–Crippen MR) is 363 cm³/mol. The first-order valence-corrected chi connectivity index (χ1v) is 31.3. The molecule has 0 aliphatic carbocycles. The zero-order chi connectivity index (χ0) is 67.6. The third-order valence-electron chi connectivity index (χ3n) is 17.1. The van der Waals surface area contributed by atoms with Crippen LogP contribution < -0.4 is 30.1 Å². The summed E-state index contributed by atoms with van der Waals surface area (Å²) >= 11 is 0. The van der Waals surface area contributed by atoms with E-state index in [9.17, 15) is 11.0 Å². The number of para-hydroxylation sites is 2. The van der Waals surface area contributed by atoms with Gasteiger partial charge in [0.05, 0.1) is 30.4 Å². The molecular weight excluding hydrogens is 1280 g/mol. The molecule has 0 bridgehead atoms. The van der Waals surface area contributed by atoms with E-state index in [1.54, 1.807) is 6.07 Å². The van der Waals surface area contributed by atoms with Crippen LogP contribution in [0, 0.1) is 18.5 Å². The maximum atomic E-state index is 10.1. The van der Waals surface area contributed by atoms with E-state index in [1.165, 1.54) is 0 Å². The summed E-state index contributed by atoms with van der Waals surface area (Å²) in [6.07, 6.45) is 5.66. The number of benzene rings is 12. The number of hydrogen-bond acceptors (Lipinski definition) is 2. The van der Waals surface area contributed by atoms with Gasteiger partial charge in [-0.25, -0.2) is 4.98 Å². The number of aromatic nitrogens is 4. The van der Waals surface area contributed by atoms with Crippen LogP contribution in [-0.4, -0.2) is 22.2 Å². The summed E-state index contributed by atoms with van der Waals surface area (Å²) in [6, 6.07) is 78.7. The molecule has 0 fully saturated rings. The van der Waals surface area contributed by atoms with E-state index in [0.717, 1.165) is 70.6 Å². The van der Waals surface area contributed by atoms with Gasteiger partial charge in [-0.3, -0.25) is 4.57 Å². The number of rotatable bonds is 10. The van der Waals surface area contributed by atoms with Crippen molar-refractivity contribution in [1.29, 1.82) is 0 Å². The van der Waals surface area contributed by atoms with Crippen molar-refractivity contribution in [3.8, 4) is 84.3 Å². The summed E-state index contributed by atoms with van der Waals surface area (Å²) in [4.78, 5) is 4.89. The molecule has 0 amide bonds. The molecule has 0 radical (unpaired) electrons. The summed E-state index contributed by atoms with van der Waals surface area (Å²) in [5.74, 6) is 1.55. The van der Waals surface area contributed by atoms with E-state index in [0.29, 0.717) is 56.2 Å². The minimum atomic E-state index is -3.71.